The molecule has 18 heteroatoms. The van der Waals surface area contributed by atoms with Crippen LogP contribution in [0, 0.1) is 11.3 Å². The quantitative estimate of drug-likeness (QED) is 0.193. The Morgan fingerprint density at radius 2 is 2.07 bits per heavy atom. The highest BCUT2D eigenvalue weighted by Crippen LogP contribution is 2.59. The molecular formula is C25H38FN6O9PS. The summed E-state index contributed by atoms with van der Waals surface area (Å²) in [5.74, 6) is -0.553. The van der Waals surface area contributed by atoms with Crippen LogP contribution in [0.3, 0.4) is 0 Å². The fourth-order valence-electron chi connectivity index (χ4n) is 4.38. The number of hydrogen-bond acceptors (Lipinski definition) is 15. The van der Waals surface area contributed by atoms with Crippen molar-refractivity contribution in [2.45, 2.75) is 71.7 Å². The summed E-state index contributed by atoms with van der Waals surface area (Å²) in [5.41, 5.74) is 8.84. The van der Waals surface area contributed by atoms with E-state index in [1.165, 1.54) is 17.8 Å². The summed E-state index contributed by atoms with van der Waals surface area (Å²) in [4.78, 5) is 37.2. The largest absolute Gasteiger partial charge is 0.476 e. The number of phosphoric ester groups is 1. The van der Waals surface area contributed by atoms with Crippen molar-refractivity contribution in [2.24, 2.45) is 17.1 Å². The van der Waals surface area contributed by atoms with E-state index in [1.807, 2.05) is 0 Å². The van der Waals surface area contributed by atoms with E-state index in [-0.39, 0.29) is 59.6 Å². The Hall–Kier alpha value is -2.40. The highest BCUT2D eigenvalue weighted by atomic mass is 32.2. The van der Waals surface area contributed by atoms with Crippen LogP contribution < -0.4 is 16.2 Å². The zero-order valence-corrected chi connectivity index (χ0v) is 26.6. The summed E-state index contributed by atoms with van der Waals surface area (Å²) >= 11 is 0.901. The Balaban J connectivity index is 1.34. The standard InChI is InChI=1S/C25H38FN6O9PS/c1-7-36-19-16-18(30-23(28)31-19)32(12-29-16)21-25(6,26)17-14(40-21)10-39-42(35,41-17)38-8-9-43-22(34)24(4,5)11-37-20(33)15(27)13(2)3/h12-15,17,21H,7-11,27H2,1-6H3,(H2,28,30,31)/t14-,15+,17-,21-,25-,42+/m1/s1. The number of phosphoric acid groups is 1. The highest BCUT2D eigenvalue weighted by Gasteiger charge is 2.61. The van der Waals surface area contributed by atoms with Crippen molar-refractivity contribution in [3.8, 4) is 5.88 Å². The Labute approximate surface area is 252 Å². The number of hydrogen-bond donors (Lipinski definition) is 2. The van der Waals surface area contributed by atoms with Crippen LogP contribution in [0.2, 0.25) is 0 Å². The third kappa shape index (κ3) is 7.13. The number of ether oxygens (including phenoxy) is 3. The lowest BCUT2D eigenvalue weighted by atomic mass is 9.97. The number of carbonyl (C=O) groups excluding carboxylic acids is 2. The van der Waals surface area contributed by atoms with Crippen molar-refractivity contribution in [1.82, 2.24) is 19.5 Å². The Kier molecular flexibility index (Phi) is 10.1. The summed E-state index contributed by atoms with van der Waals surface area (Å²) in [6.45, 7) is 9.55. The highest BCUT2D eigenvalue weighted by molar-refractivity contribution is 8.13. The van der Waals surface area contributed by atoms with E-state index in [2.05, 4.69) is 15.0 Å². The van der Waals surface area contributed by atoms with Gasteiger partial charge in [-0.05, 0) is 33.6 Å². The first-order chi connectivity index (χ1) is 20.1. The molecule has 2 aliphatic heterocycles. The normalized spacial score (nSPS) is 28.2. The van der Waals surface area contributed by atoms with E-state index in [0.29, 0.717) is 6.61 Å². The topological polar surface area (TPSA) is 202 Å². The van der Waals surface area contributed by atoms with Crippen LogP contribution in [0.15, 0.2) is 6.33 Å². The molecule has 4 N–H and O–H groups in total. The predicted octanol–water partition coefficient (Wildman–Crippen LogP) is 2.79. The van der Waals surface area contributed by atoms with E-state index in [4.69, 9.17) is 39.2 Å². The van der Waals surface area contributed by atoms with Gasteiger partial charge in [0.15, 0.2) is 28.2 Å². The average molecular weight is 649 g/mol. The molecule has 2 aliphatic rings. The van der Waals surface area contributed by atoms with Gasteiger partial charge in [-0.15, -0.1) is 0 Å². The van der Waals surface area contributed by atoms with Crippen molar-refractivity contribution >= 4 is 47.8 Å². The van der Waals surface area contributed by atoms with Gasteiger partial charge in [0.05, 0.1) is 31.6 Å². The van der Waals surface area contributed by atoms with Crippen LogP contribution >= 0.6 is 19.6 Å². The van der Waals surface area contributed by atoms with Crippen molar-refractivity contribution in [1.29, 1.82) is 0 Å². The predicted molar refractivity (Wildman–Crippen MR) is 154 cm³/mol. The molecule has 2 saturated heterocycles. The molecule has 0 aromatic carbocycles. The molecule has 2 aromatic heterocycles. The van der Waals surface area contributed by atoms with Crippen molar-refractivity contribution in [3.05, 3.63) is 6.33 Å². The molecule has 43 heavy (non-hydrogen) atoms. The van der Waals surface area contributed by atoms with Crippen molar-refractivity contribution in [3.63, 3.8) is 0 Å². The smallest absolute Gasteiger partial charge is 0.475 e. The van der Waals surface area contributed by atoms with Crippen LogP contribution in [0.4, 0.5) is 10.3 Å². The summed E-state index contributed by atoms with van der Waals surface area (Å²) in [6.07, 6.45) is -2.20. The lowest BCUT2D eigenvalue weighted by Crippen LogP contribution is -2.44. The van der Waals surface area contributed by atoms with Crippen LogP contribution in [0.25, 0.3) is 11.2 Å². The molecule has 0 saturated carbocycles. The number of anilines is 1. The number of fused-ring (bicyclic) bond motifs is 2. The maximum atomic E-state index is 16.3. The molecule has 0 bridgehead atoms. The summed E-state index contributed by atoms with van der Waals surface area (Å²) in [7, 11) is -4.20. The van der Waals surface area contributed by atoms with Gasteiger partial charge in [0.2, 0.25) is 11.8 Å². The molecule has 4 heterocycles. The number of thioether (sulfide) groups is 1. The third-order valence-corrected chi connectivity index (χ3v) is 9.58. The molecule has 0 radical (unpaired) electrons. The molecular weight excluding hydrogens is 610 g/mol. The fourth-order valence-corrected chi connectivity index (χ4v) is 6.77. The molecule has 4 rings (SSSR count). The first-order valence-corrected chi connectivity index (χ1v) is 16.2. The number of nitrogen functional groups attached to an aromatic ring is 1. The summed E-state index contributed by atoms with van der Waals surface area (Å²) in [5, 5.41) is -0.279. The van der Waals surface area contributed by atoms with Gasteiger partial charge in [-0.1, -0.05) is 25.6 Å². The Bertz CT molecular complexity index is 1390. The van der Waals surface area contributed by atoms with Gasteiger partial charge in [-0.25, -0.2) is 13.9 Å². The second kappa shape index (κ2) is 12.9. The van der Waals surface area contributed by atoms with E-state index < -0.39 is 49.4 Å². The minimum atomic E-state index is -4.20. The molecule has 0 aliphatic carbocycles. The van der Waals surface area contributed by atoms with E-state index in [9.17, 15) is 14.2 Å². The van der Waals surface area contributed by atoms with Gasteiger partial charge in [-0.3, -0.25) is 27.7 Å². The number of esters is 1. The number of aromatic nitrogens is 4. The van der Waals surface area contributed by atoms with Gasteiger partial charge >= 0.3 is 13.8 Å². The molecule has 6 atom stereocenters. The minimum Gasteiger partial charge on any atom is -0.476 e. The number of halogens is 1. The first-order valence-electron chi connectivity index (χ1n) is 13.7. The number of alkyl halides is 1. The molecule has 0 unspecified atom stereocenters. The molecule has 0 spiro atoms. The maximum Gasteiger partial charge on any atom is 0.475 e. The minimum absolute atomic E-state index is 0.0862. The van der Waals surface area contributed by atoms with Crippen LogP contribution in [-0.4, -0.2) is 86.7 Å². The summed E-state index contributed by atoms with van der Waals surface area (Å²) < 4.78 is 63.8. The first kappa shape index (κ1) is 33.5. The van der Waals surface area contributed by atoms with Crippen molar-refractivity contribution < 1.29 is 46.3 Å². The van der Waals surface area contributed by atoms with Gasteiger partial charge in [0.25, 0.3) is 0 Å². The zero-order chi connectivity index (χ0) is 31.7. The number of carbonyl (C=O) groups is 2. The van der Waals surface area contributed by atoms with Crippen molar-refractivity contribution in [2.75, 3.05) is 37.9 Å². The Morgan fingerprint density at radius 1 is 1.35 bits per heavy atom. The molecule has 2 aromatic rings. The molecule has 0 amide bonds. The van der Waals surface area contributed by atoms with Gasteiger partial charge in [0, 0.05) is 5.75 Å². The number of nitrogens with zero attached hydrogens (tertiary/aromatic N) is 4. The Morgan fingerprint density at radius 3 is 2.74 bits per heavy atom. The van der Waals surface area contributed by atoms with E-state index in [0.717, 1.165) is 11.8 Å². The van der Waals surface area contributed by atoms with Gasteiger partial charge in [-0.2, -0.15) is 9.97 Å². The molecule has 15 nitrogen and oxygen atoms in total. The molecule has 2 fully saturated rings. The van der Waals surface area contributed by atoms with Gasteiger partial charge < -0.3 is 25.7 Å². The summed E-state index contributed by atoms with van der Waals surface area (Å²) in [6, 6.07) is -0.786. The van der Waals surface area contributed by atoms with Gasteiger partial charge in [0.1, 0.15) is 24.9 Å². The number of rotatable bonds is 12. The monoisotopic (exact) mass is 648 g/mol. The third-order valence-electron chi connectivity index (χ3n) is 6.94. The number of nitrogens with two attached hydrogens (primary N) is 2. The van der Waals surface area contributed by atoms with E-state index >= 15 is 4.39 Å². The van der Waals surface area contributed by atoms with Crippen LogP contribution in [-0.2, 0) is 37.2 Å². The molecule has 240 valence electrons. The van der Waals surface area contributed by atoms with E-state index in [1.54, 1.807) is 34.6 Å². The SMILES string of the molecule is CCOc1nc(N)nc2c1ncn2[C@@H]1O[C@@H]2CO[P@](=O)(OCCSC(=O)C(C)(C)COC(=O)[C@@H](N)C(C)C)O[C@H]2[C@@]1(C)F. The number of imidazole rings is 1. The second-order valence-electron chi connectivity index (χ2n) is 11.3. The van der Waals surface area contributed by atoms with Crippen LogP contribution in [0.5, 0.6) is 5.88 Å². The van der Waals surface area contributed by atoms with Crippen LogP contribution in [0.1, 0.15) is 47.8 Å². The average Bonchev–Trinajstić information content (AvgIpc) is 3.46. The zero-order valence-electron chi connectivity index (χ0n) is 24.9. The fraction of sp³-hybridized carbons (Fsp3) is 0.720. The lowest BCUT2D eigenvalue weighted by Gasteiger charge is -2.33. The maximum absolute atomic E-state index is 16.3. The second-order valence-corrected chi connectivity index (χ2v) is 14.0. The lowest BCUT2D eigenvalue weighted by molar-refractivity contribution is -0.150.